The second-order valence-corrected chi connectivity index (χ2v) is 7.74. The largest absolute Gasteiger partial charge is 0.394 e. The van der Waals surface area contributed by atoms with Gasteiger partial charge in [0.15, 0.2) is 0 Å². The van der Waals surface area contributed by atoms with Crippen LogP contribution in [-0.4, -0.2) is 55.2 Å². The molecule has 1 saturated heterocycles. The first-order chi connectivity index (χ1) is 13.5. The lowest BCUT2D eigenvalue weighted by molar-refractivity contribution is 0.0963. The smallest absolute Gasteiger partial charge is 0.252 e. The van der Waals surface area contributed by atoms with Crippen molar-refractivity contribution in [2.24, 2.45) is 0 Å². The van der Waals surface area contributed by atoms with Crippen molar-refractivity contribution in [3.8, 4) is 0 Å². The molecule has 0 unspecified atom stereocenters. The molecule has 7 nitrogen and oxygen atoms in total. The Kier molecular flexibility index (Phi) is 6.31. The topological polar surface area (TPSA) is 79.4 Å². The molecule has 28 heavy (non-hydrogen) atoms. The van der Waals surface area contributed by atoms with Crippen molar-refractivity contribution in [2.75, 3.05) is 38.8 Å². The fourth-order valence-corrected chi connectivity index (χ4v) is 4.10. The van der Waals surface area contributed by atoms with Crippen LogP contribution in [0.1, 0.15) is 36.8 Å². The molecule has 1 fully saturated rings. The van der Waals surface area contributed by atoms with Gasteiger partial charge in [-0.3, -0.25) is 4.79 Å². The summed E-state index contributed by atoms with van der Waals surface area (Å²) in [5.41, 5.74) is 4.31. The van der Waals surface area contributed by atoms with Crippen LogP contribution in [0.3, 0.4) is 0 Å². The first kappa shape index (κ1) is 20.3. The Balaban J connectivity index is 2.23. The molecule has 0 spiro atoms. The van der Waals surface area contributed by atoms with Crippen molar-refractivity contribution in [1.29, 1.82) is 0 Å². The third-order valence-electron chi connectivity index (χ3n) is 4.76. The first-order valence-corrected chi connectivity index (χ1v) is 10.1. The number of anilines is 1. The summed E-state index contributed by atoms with van der Waals surface area (Å²) in [7, 11) is 3.50. The monoisotopic (exact) mass is 401 g/mol. The van der Waals surface area contributed by atoms with Crippen molar-refractivity contribution in [3.63, 3.8) is 0 Å². The Morgan fingerprint density at radius 1 is 1.39 bits per heavy atom. The Morgan fingerprint density at radius 3 is 2.82 bits per heavy atom. The number of carbonyl (C=O) groups excluding carboxylic acids is 1. The number of pyridine rings is 1. The molecule has 3 heterocycles. The fourth-order valence-electron chi connectivity index (χ4n) is 3.25. The van der Waals surface area contributed by atoms with Gasteiger partial charge in [-0.1, -0.05) is 5.57 Å². The van der Waals surface area contributed by atoms with Gasteiger partial charge < -0.3 is 20.3 Å². The van der Waals surface area contributed by atoms with E-state index in [-0.39, 0.29) is 11.9 Å². The number of allylic oxidation sites excluding steroid dienone is 3. The average Bonchev–Trinajstić information content (AvgIpc) is 3.11. The summed E-state index contributed by atoms with van der Waals surface area (Å²) in [4.78, 5) is 19.7. The lowest BCUT2D eigenvalue weighted by atomic mass is 10.0. The fraction of sp³-hybridized carbons (Fsp3) is 0.450. The number of nitrogens with zero attached hydrogens (tertiary/aromatic N) is 3. The van der Waals surface area contributed by atoms with E-state index in [1.807, 2.05) is 39.2 Å². The molecule has 2 aromatic heterocycles. The van der Waals surface area contributed by atoms with E-state index in [9.17, 15) is 4.79 Å². The minimum Gasteiger partial charge on any atom is -0.394 e. The van der Waals surface area contributed by atoms with E-state index in [4.69, 9.17) is 9.72 Å². The van der Waals surface area contributed by atoms with E-state index in [0.717, 1.165) is 39.4 Å². The van der Waals surface area contributed by atoms with Gasteiger partial charge >= 0.3 is 0 Å². The van der Waals surface area contributed by atoms with Crippen LogP contribution in [0, 0.1) is 0 Å². The van der Waals surface area contributed by atoms with E-state index in [1.54, 1.807) is 7.05 Å². The van der Waals surface area contributed by atoms with Crippen molar-refractivity contribution in [3.05, 3.63) is 35.2 Å². The summed E-state index contributed by atoms with van der Waals surface area (Å²) in [6.45, 7) is 8.25. The van der Waals surface area contributed by atoms with E-state index in [1.165, 1.54) is 11.5 Å². The summed E-state index contributed by atoms with van der Waals surface area (Å²) in [5.74, 6) is 0.656. The van der Waals surface area contributed by atoms with Crippen molar-refractivity contribution < 1.29 is 9.53 Å². The molecule has 150 valence electrons. The molecule has 1 atom stereocenters. The zero-order chi connectivity index (χ0) is 20.3. The number of amides is 1. The van der Waals surface area contributed by atoms with E-state index >= 15 is 0 Å². The number of carbonyl (C=O) groups is 1. The number of ether oxygens (including phenoxy) is 1. The summed E-state index contributed by atoms with van der Waals surface area (Å²) >= 11 is 1.31. The van der Waals surface area contributed by atoms with Crippen molar-refractivity contribution in [2.45, 2.75) is 26.8 Å². The Bertz CT molecular complexity index is 930. The molecular formula is C20H27N5O2S. The molecule has 0 radical (unpaired) electrons. The highest BCUT2D eigenvalue weighted by Gasteiger charge is 2.25. The summed E-state index contributed by atoms with van der Waals surface area (Å²) in [6.07, 6.45) is 3.87. The van der Waals surface area contributed by atoms with E-state index in [0.29, 0.717) is 18.8 Å². The van der Waals surface area contributed by atoms with E-state index in [2.05, 4.69) is 26.8 Å². The average molecular weight is 402 g/mol. The number of hydrogen-bond acceptors (Lipinski definition) is 7. The standard InChI is InChI=1S/C20H27N5O2S/c1-12(2)14(6-7-21-4)17-18-19(28-24-17)15(20(26)22-5)10-16(23-18)25-8-9-27-11-13(25)3/h6-7,10,13,21H,8-9,11H2,1-5H3,(H,22,26)/b7-6-/t13-/m1/s1. The maximum Gasteiger partial charge on any atom is 0.252 e. The number of hydrogen-bond donors (Lipinski definition) is 2. The predicted molar refractivity (Wildman–Crippen MR) is 115 cm³/mol. The molecular weight excluding hydrogens is 374 g/mol. The minimum absolute atomic E-state index is 0.130. The molecule has 2 N–H and O–H groups in total. The van der Waals surface area contributed by atoms with Crippen LogP contribution < -0.4 is 15.5 Å². The van der Waals surface area contributed by atoms with Gasteiger partial charge in [0.1, 0.15) is 17.0 Å². The maximum atomic E-state index is 12.6. The van der Waals surface area contributed by atoms with Crippen LogP contribution in [0.4, 0.5) is 5.82 Å². The number of rotatable bonds is 5. The van der Waals surface area contributed by atoms with Crippen LogP contribution >= 0.6 is 11.5 Å². The Morgan fingerprint density at radius 2 is 2.18 bits per heavy atom. The molecule has 3 rings (SSSR count). The molecule has 1 aliphatic rings. The van der Waals surface area contributed by atoms with Gasteiger partial charge in [-0.2, -0.15) is 4.37 Å². The second kappa shape index (κ2) is 8.70. The van der Waals surface area contributed by atoms with Gasteiger partial charge in [-0.15, -0.1) is 0 Å². The highest BCUT2D eigenvalue weighted by molar-refractivity contribution is 7.14. The Labute approximate surface area is 169 Å². The lowest BCUT2D eigenvalue weighted by Crippen LogP contribution is -2.44. The number of fused-ring (bicyclic) bond motifs is 1. The predicted octanol–water partition coefficient (Wildman–Crippen LogP) is 2.80. The first-order valence-electron chi connectivity index (χ1n) is 9.36. The van der Waals surface area contributed by atoms with Crippen LogP contribution in [0.25, 0.3) is 15.8 Å². The summed E-state index contributed by atoms with van der Waals surface area (Å²) < 4.78 is 11.0. The van der Waals surface area contributed by atoms with Crippen LogP contribution in [0.5, 0.6) is 0 Å². The molecule has 8 heteroatoms. The zero-order valence-electron chi connectivity index (χ0n) is 17.0. The quantitative estimate of drug-likeness (QED) is 0.750. The van der Waals surface area contributed by atoms with E-state index < -0.39 is 0 Å². The van der Waals surface area contributed by atoms with Gasteiger partial charge in [0.25, 0.3) is 5.91 Å². The summed E-state index contributed by atoms with van der Waals surface area (Å²) in [5, 5.41) is 5.77. The third kappa shape index (κ3) is 3.88. The van der Waals surface area contributed by atoms with Gasteiger partial charge in [0.05, 0.1) is 29.5 Å². The molecule has 0 saturated carbocycles. The third-order valence-corrected chi connectivity index (χ3v) is 5.63. The lowest BCUT2D eigenvalue weighted by Gasteiger charge is -2.34. The molecule has 2 aromatic rings. The number of aromatic nitrogens is 2. The van der Waals surface area contributed by atoms with Crippen LogP contribution in [0.2, 0.25) is 0 Å². The maximum absolute atomic E-state index is 12.6. The molecule has 1 aliphatic heterocycles. The minimum atomic E-state index is -0.130. The van der Waals surface area contributed by atoms with Crippen molar-refractivity contribution in [1.82, 2.24) is 20.0 Å². The van der Waals surface area contributed by atoms with Gasteiger partial charge in [0, 0.05) is 26.2 Å². The van der Waals surface area contributed by atoms with Crippen molar-refractivity contribution >= 4 is 39.0 Å². The second-order valence-electron chi connectivity index (χ2n) is 6.97. The van der Waals surface area contributed by atoms with Crippen LogP contribution in [0.15, 0.2) is 23.9 Å². The summed E-state index contributed by atoms with van der Waals surface area (Å²) in [6, 6.07) is 2.06. The normalized spacial score (nSPS) is 17.2. The highest BCUT2D eigenvalue weighted by Crippen LogP contribution is 2.34. The molecule has 1 amide bonds. The zero-order valence-corrected chi connectivity index (χ0v) is 17.8. The molecule has 0 aromatic carbocycles. The molecule has 0 aliphatic carbocycles. The van der Waals surface area contributed by atoms with Gasteiger partial charge in [-0.25, -0.2) is 4.98 Å². The SMILES string of the molecule is CN/C=C\C(=C(C)C)c1nsc2c(C(=O)NC)cc(N3CCOC[C@H]3C)nc12. The highest BCUT2D eigenvalue weighted by atomic mass is 32.1. The molecule has 0 bridgehead atoms. The van der Waals surface area contributed by atoms with Crippen LogP contribution in [-0.2, 0) is 4.74 Å². The Hall–Kier alpha value is -2.45. The number of morpholine rings is 1. The van der Waals surface area contributed by atoms with Gasteiger partial charge in [0.2, 0.25) is 0 Å². The number of nitrogens with one attached hydrogen (secondary N) is 2. The van der Waals surface area contributed by atoms with Gasteiger partial charge in [-0.05, 0) is 50.6 Å².